The van der Waals surface area contributed by atoms with Crippen LogP contribution in [0, 0.1) is 0 Å². The van der Waals surface area contributed by atoms with Crippen molar-refractivity contribution in [3.63, 3.8) is 0 Å². The van der Waals surface area contributed by atoms with Crippen LogP contribution in [0.5, 0.6) is 17.2 Å². The standard InChI is InChI=1S/C20H20N4O5/c21-16-17(23-20(27)24-18(16)25)19(26)22-11-4-12-28-13-7-9-15(10-8-13)29-14-5-2-1-3-6-14/h1-3,5-10H,4,11-12,21H2,(H,22,26)(H2,23,24,25,27). The van der Waals surface area contributed by atoms with Crippen LogP contribution in [0.4, 0.5) is 5.69 Å². The zero-order chi connectivity index (χ0) is 20.6. The van der Waals surface area contributed by atoms with Crippen LogP contribution < -0.4 is 31.8 Å². The lowest BCUT2D eigenvalue weighted by Crippen LogP contribution is -2.34. The van der Waals surface area contributed by atoms with Crippen LogP contribution in [0.25, 0.3) is 0 Å². The fraction of sp³-hybridized carbons (Fsp3) is 0.150. The van der Waals surface area contributed by atoms with Crippen molar-refractivity contribution in [2.45, 2.75) is 6.42 Å². The highest BCUT2D eigenvalue weighted by molar-refractivity contribution is 5.96. The molecule has 1 aromatic heterocycles. The van der Waals surface area contributed by atoms with Crippen molar-refractivity contribution in [1.82, 2.24) is 15.3 Å². The predicted octanol–water partition coefficient (Wildman–Crippen LogP) is 1.64. The molecule has 0 aliphatic carbocycles. The summed E-state index contributed by atoms with van der Waals surface area (Å²) >= 11 is 0. The van der Waals surface area contributed by atoms with Crippen molar-refractivity contribution < 1.29 is 14.3 Å². The Labute approximate surface area is 165 Å². The Balaban J connectivity index is 1.42. The normalized spacial score (nSPS) is 10.3. The minimum atomic E-state index is -0.804. The number of nitrogen functional groups attached to an aromatic ring is 1. The molecule has 9 heteroatoms. The van der Waals surface area contributed by atoms with Gasteiger partial charge in [0.1, 0.15) is 28.6 Å². The van der Waals surface area contributed by atoms with E-state index in [2.05, 4.69) is 10.3 Å². The number of hydrogen-bond acceptors (Lipinski definition) is 6. The van der Waals surface area contributed by atoms with E-state index in [0.29, 0.717) is 24.5 Å². The van der Waals surface area contributed by atoms with Crippen molar-refractivity contribution in [1.29, 1.82) is 0 Å². The highest BCUT2D eigenvalue weighted by Gasteiger charge is 2.13. The fourth-order valence-electron chi connectivity index (χ4n) is 2.46. The number of benzene rings is 2. The SMILES string of the molecule is Nc1c(C(=O)NCCCOc2ccc(Oc3ccccc3)cc2)[nH]c(=O)[nH]c1=O. The van der Waals surface area contributed by atoms with E-state index in [4.69, 9.17) is 15.2 Å². The van der Waals surface area contributed by atoms with Gasteiger partial charge in [-0.05, 0) is 42.8 Å². The van der Waals surface area contributed by atoms with Crippen LogP contribution in [-0.4, -0.2) is 29.0 Å². The molecule has 0 unspecified atom stereocenters. The van der Waals surface area contributed by atoms with Crippen molar-refractivity contribution in [3.05, 3.63) is 81.1 Å². The van der Waals surface area contributed by atoms with Gasteiger partial charge in [-0.2, -0.15) is 0 Å². The number of anilines is 1. The van der Waals surface area contributed by atoms with Gasteiger partial charge in [0.05, 0.1) is 6.61 Å². The van der Waals surface area contributed by atoms with Crippen LogP contribution in [0.1, 0.15) is 16.9 Å². The van der Waals surface area contributed by atoms with Crippen LogP contribution in [0.15, 0.2) is 64.2 Å². The molecule has 0 aliphatic heterocycles. The number of hydrogen-bond donors (Lipinski definition) is 4. The first kappa shape index (κ1) is 19.7. The second-order valence-corrected chi connectivity index (χ2v) is 6.04. The average molecular weight is 396 g/mol. The lowest BCUT2D eigenvalue weighted by Gasteiger charge is -2.09. The maximum Gasteiger partial charge on any atom is 0.326 e. The summed E-state index contributed by atoms with van der Waals surface area (Å²) in [4.78, 5) is 38.8. The molecular formula is C20H20N4O5. The van der Waals surface area contributed by atoms with Crippen LogP contribution in [0.2, 0.25) is 0 Å². The molecule has 3 rings (SSSR count). The number of amides is 1. The summed E-state index contributed by atoms with van der Waals surface area (Å²) in [5.74, 6) is 1.48. The first-order chi connectivity index (χ1) is 14.0. The molecule has 29 heavy (non-hydrogen) atoms. The minimum absolute atomic E-state index is 0.256. The number of H-pyrrole nitrogens is 2. The van der Waals surface area contributed by atoms with Gasteiger partial charge in [0.25, 0.3) is 11.5 Å². The Kier molecular flexibility index (Phi) is 6.31. The molecule has 0 atom stereocenters. The summed E-state index contributed by atoms with van der Waals surface area (Å²) in [5.41, 5.74) is 3.32. The molecule has 0 radical (unpaired) electrons. The van der Waals surface area contributed by atoms with E-state index in [-0.39, 0.29) is 17.9 Å². The second kappa shape index (κ2) is 9.27. The van der Waals surface area contributed by atoms with E-state index in [9.17, 15) is 14.4 Å². The maximum absolute atomic E-state index is 12.0. The van der Waals surface area contributed by atoms with Crippen LogP contribution in [0.3, 0.4) is 0 Å². The quantitative estimate of drug-likeness (QED) is 0.427. The Morgan fingerprint density at radius 3 is 2.31 bits per heavy atom. The van der Waals surface area contributed by atoms with E-state index < -0.39 is 17.2 Å². The topological polar surface area (TPSA) is 139 Å². The van der Waals surface area contributed by atoms with Gasteiger partial charge in [-0.3, -0.25) is 14.6 Å². The number of rotatable bonds is 8. The van der Waals surface area contributed by atoms with Crippen molar-refractivity contribution in [3.8, 4) is 17.2 Å². The van der Waals surface area contributed by atoms with Crippen LogP contribution >= 0.6 is 0 Å². The Morgan fingerprint density at radius 2 is 1.59 bits per heavy atom. The van der Waals surface area contributed by atoms with Gasteiger partial charge >= 0.3 is 5.69 Å². The highest BCUT2D eigenvalue weighted by Crippen LogP contribution is 2.23. The minimum Gasteiger partial charge on any atom is -0.494 e. The number of aromatic amines is 2. The number of carbonyl (C=O) groups is 1. The number of nitrogens with one attached hydrogen (secondary N) is 3. The van der Waals surface area contributed by atoms with E-state index in [0.717, 1.165) is 5.75 Å². The van der Waals surface area contributed by atoms with E-state index in [1.54, 1.807) is 24.3 Å². The van der Waals surface area contributed by atoms with Crippen LogP contribution in [-0.2, 0) is 0 Å². The predicted molar refractivity (Wildman–Crippen MR) is 107 cm³/mol. The summed E-state index contributed by atoms with van der Waals surface area (Å²) < 4.78 is 11.3. The van der Waals surface area contributed by atoms with E-state index in [1.807, 2.05) is 35.3 Å². The molecule has 3 aromatic rings. The third kappa shape index (κ3) is 5.48. The number of ether oxygens (including phenoxy) is 2. The van der Waals surface area contributed by atoms with Gasteiger partial charge in [0.15, 0.2) is 0 Å². The molecule has 9 nitrogen and oxygen atoms in total. The molecule has 0 bridgehead atoms. The Morgan fingerprint density at radius 1 is 0.931 bits per heavy atom. The van der Waals surface area contributed by atoms with Gasteiger partial charge in [0, 0.05) is 6.54 Å². The molecule has 1 heterocycles. The Hall–Kier alpha value is -4.01. The monoisotopic (exact) mass is 396 g/mol. The number of carbonyl (C=O) groups excluding carboxylic acids is 1. The van der Waals surface area contributed by atoms with E-state index in [1.165, 1.54) is 0 Å². The molecule has 2 aromatic carbocycles. The molecule has 150 valence electrons. The van der Waals surface area contributed by atoms with Gasteiger partial charge in [-0.25, -0.2) is 4.79 Å². The van der Waals surface area contributed by atoms with Crippen molar-refractivity contribution in [2.75, 3.05) is 18.9 Å². The summed E-state index contributed by atoms with van der Waals surface area (Å²) in [6.45, 7) is 0.642. The fourth-order valence-corrected chi connectivity index (χ4v) is 2.46. The number of aromatic nitrogens is 2. The van der Waals surface area contributed by atoms with E-state index >= 15 is 0 Å². The first-order valence-corrected chi connectivity index (χ1v) is 8.89. The third-order valence-electron chi connectivity index (χ3n) is 3.88. The molecule has 0 saturated heterocycles. The maximum atomic E-state index is 12.0. The Bertz CT molecular complexity index is 1070. The smallest absolute Gasteiger partial charge is 0.326 e. The largest absolute Gasteiger partial charge is 0.494 e. The molecule has 0 aliphatic rings. The summed E-state index contributed by atoms with van der Waals surface area (Å²) in [7, 11) is 0. The lowest BCUT2D eigenvalue weighted by atomic mass is 10.3. The second-order valence-electron chi connectivity index (χ2n) is 6.04. The highest BCUT2D eigenvalue weighted by atomic mass is 16.5. The third-order valence-corrected chi connectivity index (χ3v) is 3.88. The van der Waals surface area contributed by atoms with Crippen molar-refractivity contribution >= 4 is 11.6 Å². The van der Waals surface area contributed by atoms with Gasteiger partial charge in [0.2, 0.25) is 0 Å². The number of nitrogens with two attached hydrogens (primary N) is 1. The molecular weight excluding hydrogens is 376 g/mol. The van der Waals surface area contributed by atoms with Gasteiger partial charge in [-0.15, -0.1) is 0 Å². The van der Waals surface area contributed by atoms with Crippen molar-refractivity contribution in [2.24, 2.45) is 0 Å². The average Bonchev–Trinajstić information content (AvgIpc) is 2.72. The number of para-hydroxylation sites is 1. The molecule has 0 spiro atoms. The summed E-state index contributed by atoms with van der Waals surface area (Å²) in [5, 5.41) is 2.58. The molecule has 5 N–H and O–H groups in total. The summed E-state index contributed by atoms with van der Waals surface area (Å²) in [6.07, 6.45) is 0.515. The van der Waals surface area contributed by atoms with Gasteiger partial charge < -0.3 is 25.5 Å². The lowest BCUT2D eigenvalue weighted by molar-refractivity contribution is 0.0947. The molecule has 0 fully saturated rings. The molecule has 1 amide bonds. The first-order valence-electron chi connectivity index (χ1n) is 8.89. The molecule has 0 saturated carbocycles. The zero-order valence-corrected chi connectivity index (χ0v) is 15.4. The zero-order valence-electron chi connectivity index (χ0n) is 15.4. The van der Waals surface area contributed by atoms with Gasteiger partial charge in [-0.1, -0.05) is 18.2 Å². The summed E-state index contributed by atoms with van der Waals surface area (Å²) in [6, 6.07) is 16.6.